The minimum atomic E-state index is -3.11. The second-order valence-corrected chi connectivity index (χ2v) is 8.57. The molecule has 0 spiro atoms. The summed E-state index contributed by atoms with van der Waals surface area (Å²) in [5.41, 5.74) is 0.976. The predicted octanol–water partition coefficient (Wildman–Crippen LogP) is 2.19. The summed E-state index contributed by atoms with van der Waals surface area (Å²) in [5.74, 6) is 0.190. The molecule has 6 heteroatoms. The van der Waals surface area contributed by atoms with E-state index in [0.717, 1.165) is 31.5 Å². The molecule has 1 aromatic rings. The summed E-state index contributed by atoms with van der Waals surface area (Å²) >= 11 is 0. The van der Waals surface area contributed by atoms with Crippen molar-refractivity contribution >= 4 is 16.1 Å². The average molecular weight is 338 g/mol. The van der Waals surface area contributed by atoms with E-state index in [4.69, 9.17) is 0 Å². The van der Waals surface area contributed by atoms with E-state index in [1.54, 1.807) is 16.4 Å². The molecule has 3 aliphatic heterocycles. The maximum Gasteiger partial charge on any atom is 0.211 e. The largest absolute Gasteiger partial charge is 0.295 e. The molecule has 0 saturated carbocycles. The molecule has 3 heterocycles. The van der Waals surface area contributed by atoms with Gasteiger partial charge in [-0.3, -0.25) is 4.90 Å². The number of fused-ring (bicyclic) bond motifs is 4. The number of rotatable bonds is 4. The molecule has 0 aromatic heterocycles. The summed E-state index contributed by atoms with van der Waals surface area (Å²) in [6.45, 7) is 2.99. The van der Waals surface area contributed by atoms with Crippen LogP contribution in [0.15, 0.2) is 30.3 Å². The van der Waals surface area contributed by atoms with Crippen molar-refractivity contribution in [1.82, 2.24) is 9.21 Å². The highest BCUT2D eigenvalue weighted by Gasteiger charge is 2.37. The summed E-state index contributed by atoms with van der Waals surface area (Å²) in [4.78, 5) is 2.37. The van der Waals surface area contributed by atoms with Gasteiger partial charge in [0.15, 0.2) is 0 Å². The van der Waals surface area contributed by atoms with Crippen molar-refractivity contribution in [1.29, 1.82) is 0 Å². The zero-order valence-corrected chi connectivity index (χ0v) is 14.2. The number of nitrogens with zero attached hydrogens (tertiary/aromatic N) is 2. The highest BCUT2D eigenvalue weighted by atomic mass is 32.2. The Balaban J connectivity index is 1.64. The van der Waals surface area contributed by atoms with Crippen molar-refractivity contribution in [2.24, 2.45) is 5.92 Å². The molecule has 3 saturated heterocycles. The molecule has 4 nitrogen and oxygen atoms in total. The van der Waals surface area contributed by atoms with Crippen LogP contribution in [-0.4, -0.2) is 56.1 Å². The Morgan fingerprint density at radius 2 is 1.91 bits per heavy atom. The van der Waals surface area contributed by atoms with Gasteiger partial charge in [-0.2, -0.15) is 0 Å². The third kappa shape index (κ3) is 4.19. The van der Waals surface area contributed by atoms with Crippen LogP contribution in [0.5, 0.6) is 0 Å². The van der Waals surface area contributed by atoms with Crippen LogP contribution in [0.1, 0.15) is 18.4 Å². The van der Waals surface area contributed by atoms with Crippen molar-refractivity contribution in [2.75, 3.05) is 32.4 Å². The zero-order chi connectivity index (χ0) is 16.4. The SMILES string of the molecule is CS(=O)(=O)N1C[C@H]2CC[C@@H](C1)N(C/C=C/c1ccc(F)cc1)C2. The quantitative estimate of drug-likeness (QED) is 0.845. The van der Waals surface area contributed by atoms with Gasteiger partial charge in [0.05, 0.1) is 6.26 Å². The Hall–Kier alpha value is -1.24. The first kappa shape index (κ1) is 16.6. The molecule has 0 unspecified atom stereocenters. The van der Waals surface area contributed by atoms with E-state index in [0.29, 0.717) is 25.0 Å². The van der Waals surface area contributed by atoms with Crippen molar-refractivity contribution in [2.45, 2.75) is 18.9 Å². The first-order chi connectivity index (χ1) is 10.9. The molecular weight excluding hydrogens is 315 g/mol. The second kappa shape index (κ2) is 6.71. The van der Waals surface area contributed by atoms with Crippen LogP contribution in [0.2, 0.25) is 0 Å². The van der Waals surface area contributed by atoms with Gasteiger partial charge in [0.2, 0.25) is 10.0 Å². The first-order valence-electron chi connectivity index (χ1n) is 8.03. The van der Waals surface area contributed by atoms with Crippen molar-refractivity contribution in [3.63, 3.8) is 0 Å². The van der Waals surface area contributed by atoms with E-state index >= 15 is 0 Å². The molecule has 2 bridgehead atoms. The summed E-state index contributed by atoms with van der Waals surface area (Å²) in [6, 6.07) is 6.72. The van der Waals surface area contributed by atoms with Crippen molar-refractivity contribution < 1.29 is 12.8 Å². The van der Waals surface area contributed by atoms with E-state index < -0.39 is 10.0 Å². The Morgan fingerprint density at radius 1 is 1.17 bits per heavy atom. The normalized spacial score (nSPS) is 26.7. The van der Waals surface area contributed by atoms with E-state index in [9.17, 15) is 12.8 Å². The highest BCUT2D eigenvalue weighted by Crippen LogP contribution is 2.28. The molecule has 0 amide bonds. The van der Waals surface area contributed by atoms with Crippen LogP contribution in [0.25, 0.3) is 6.08 Å². The van der Waals surface area contributed by atoms with Gasteiger partial charge in [0.25, 0.3) is 0 Å². The highest BCUT2D eigenvalue weighted by molar-refractivity contribution is 7.88. The fourth-order valence-electron chi connectivity index (χ4n) is 3.53. The lowest BCUT2D eigenvalue weighted by Gasteiger charge is -2.35. The van der Waals surface area contributed by atoms with Crippen molar-refractivity contribution in [3.05, 3.63) is 41.7 Å². The Morgan fingerprint density at radius 3 is 2.61 bits per heavy atom. The lowest BCUT2D eigenvalue weighted by Crippen LogP contribution is -2.44. The molecule has 0 radical (unpaired) electrons. The molecule has 126 valence electrons. The number of benzene rings is 1. The zero-order valence-electron chi connectivity index (χ0n) is 13.4. The molecule has 2 atom stereocenters. The van der Waals surface area contributed by atoms with Crippen LogP contribution in [0.4, 0.5) is 4.39 Å². The van der Waals surface area contributed by atoms with Gasteiger partial charge < -0.3 is 0 Å². The molecule has 3 fully saturated rings. The molecule has 3 aliphatic rings. The lowest BCUT2D eigenvalue weighted by molar-refractivity contribution is 0.149. The summed E-state index contributed by atoms with van der Waals surface area (Å²) in [7, 11) is -3.11. The number of hydrogen-bond donors (Lipinski definition) is 0. The number of sulfonamides is 1. The van der Waals surface area contributed by atoms with Crippen LogP contribution >= 0.6 is 0 Å². The third-order valence-corrected chi connectivity index (χ3v) is 6.02. The molecule has 23 heavy (non-hydrogen) atoms. The maximum absolute atomic E-state index is 12.9. The van der Waals surface area contributed by atoms with Gasteiger partial charge in [-0.1, -0.05) is 24.3 Å². The van der Waals surface area contributed by atoms with Crippen LogP contribution in [0, 0.1) is 11.7 Å². The number of hydrogen-bond acceptors (Lipinski definition) is 3. The Labute approximate surface area is 137 Å². The van der Waals surface area contributed by atoms with E-state index in [1.165, 1.54) is 18.4 Å². The average Bonchev–Trinajstić information content (AvgIpc) is 2.81. The summed E-state index contributed by atoms with van der Waals surface area (Å²) < 4.78 is 38.2. The van der Waals surface area contributed by atoms with Gasteiger partial charge in [-0.15, -0.1) is 0 Å². The van der Waals surface area contributed by atoms with Crippen LogP contribution in [-0.2, 0) is 10.0 Å². The minimum absolute atomic E-state index is 0.229. The van der Waals surface area contributed by atoms with Crippen LogP contribution < -0.4 is 0 Å². The second-order valence-electron chi connectivity index (χ2n) is 6.58. The molecule has 0 N–H and O–H groups in total. The number of halogens is 1. The van der Waals surface area contributed by atoms with Gasteiger partial charge in [-0.25, -0.2) is 17.1 Å². The standard InChI is InChI=1S/C17H23FN2O2S/c1-23(21,22)20-12-15-6-9-17(13-20)19(11-15)10-2-3-14-4-7-16(18)8-5-14/h2-5,7-8,15,17H,6,9-13H2,1H3/b3-2+/t15-,17-/m0/s1. The Kier molecular flexibility index (Phi) is 4.85. The smallest absolute Gasteiger partial charge is 0.211 e. The van der Waals surface area contributed by atoms with Crippen molar-refractivity contribution in [3.8, 4) is 0 Å². The maximum atomic E-state index is 12.9. The van der Waals surface area contributed by atoms with Gasteiger partial charge in [-0.05, 0) is 36.5 Å². The first-order valence-corrected chi connectivity index (χ1v) is 9.88. The fourth-order valence-corrected chi connectivity index (χ4v) is 4.45. The fraction of sp³-hybridized carbons (Fsp3) is 0.529. The number of piperidine rings is 1. The molecule has 1 aromatic carbocycles. The minimum Gasteiger partial charge on any atom is -0.295 e. The van der Waals surface area contributed by atoms with Gasteiger partial charge >= 0.3 is 0 Å². The third-order valence-electron chi connectivity index (χ3n) is 4.78. The van der Waals surface area contributed by atoms with E-state index in [1.807, 2.05) is 6.08 Å². The summed E-state index contributed by atoms with van der Waals surface area (Å²) in [5, 5.41) is 0. The van der Waals surface area contributed by atoms with E-state index in [2.05, 4.69) is 11.0 Å². The summed E-state index contributed by atoms with van der Waals surface area (Å²) in [6.07, 6.45) is 7.54. The molecular formula is C17H23FN2O2S. The molecule has 4 rings (SSSR count). The van der Waals surface area contributed by atoms with Crippen LogP contribution in [0.3, 0.4) is 0 Å². The predicted molar refractivity (Wildman–Crippen MR) is 89.9 cm³/mol. The topological polar surface area (TPSA) is 40.6 Å². The monoisotopic (exact) mass is 338 g/mol. The van der Waals surface area contributed by atoms with E-state index in [-0.39, 0.29) is 5.82 Å². The Bertz CT molecular complexity index is 672. The van der Waals surface area contributed by atoms with Gasteiger partial charge in [0.1, 0.15) is 5.82 Å². The van der Waals surface area contributed by atoms with Gasteiger partial charge in [0, 0.05) is 32.2 Å². The molecule has 0 aliphatic carbocycles. The lowest BCUT2D eigenvalue weighted by atomic mass is 9.95.